The fourth-order valence-corrected chi connectivity index (χ4v) is 5.79. The number of rotatable bonds is 3. The van der Waals surface area contributed by atoms with Crippen LogP contribution >= 0.6 is 22.9 Å². The van der Waals surface area contributed by atoms with Gasteiger partial charge in [-0.2, -0.15) is 0 Å². The lowest BCUT2D eigenvalue weighted by atomic mass is 9.84. The molecule has 1 N–H and O–H groups in total. The summed E-state index contributed by atoms with van der Waals surface area (Å²) in [6.45, 7) is 1.91. The topological polar surface area (TPSA) is 72.2 Å². The normalized spacial score (nSPS) is 20.1. The van der Waals surface area contributed by atoms with E-state index in [1.807, 2.05) is 13.0 Å². The van der Waals surface area contributed by atoms with Gasteiger partial charge in [-0.05, 0) is 43.5 Å². The number of halogens is 1. The predicted molar refractivity (Wildman–Crippen MR) is 101 cm³/mol. The van der Waals surface area contributed by atoms with E-state index >= 15 is 0 Å². The second-order valence-corrected chi connectivity index (χ2v) is 9.65. The van der Waals surface area contributed by atoms with Crippen LogP contribution in [0.1, 0.15) is 28.2 Å². The van der Waals surface area contributed by atoms with Crippen LogP contribution in [0.25, 0.3) is 0 Å². The Hall–Kier alpha value is -1.67. The van der Waals surface area contributed by atoms with E-state index in [1.165, 1.54) is 15.3 Å². The lowest BCUT2D eigenvalue weighted by Crippen LogP contribution is -2.34. The van der Waals surface area contributed by atoms with Crippen molar-refractivity contribution < 1.29 is 13.5 Å². The highest BCUT2D eigenvalue weighted by Crippen LogP contribution is 2.39. The zero-order valence-corrected chi connectivity index (χ0v) is 16.4. The van der Waals surface area contributed by atoms with Gasteiger partial charge in [-0.25, -0.2) is 17.4 Å². The Labute approximate surface area is 161 Å². The third-order valence-electron chi connectivity index (χ3n) is 4.77. The maximum Gasteiger partial charge on any atom is 0.267 e. The molecule has 1 unspecified atom stereocenters. The summed E-state index contributed by atoms with van der Waals surface area (Å²) in [5.74, 6) is 0. The van der Waals surface area contributed by atoms with Crippen LogP contribution in [0.4, 0.5) is 0 Å². The Morgan fingerprint density at radius 3 is 2.65 bits per heavy atom. The van der Waals surface area contributed by atoms with Crippen molar-refractivity contribution in [3.8, 4) is 0 Å². The van der Waals surface area contributed by atoms with Crippen molar-refractivity contribution in [3.05, 3.63) is 68.9 Å². The van der Waals surface area contributed by atoms with E-state index in [0.717, 1.165) is 11.1 Å². The zero-order valence-electron chi connectivity index (χ0n) is 14.0. The van der Waals surface area contributed by atoms with Gasteiger partial charge in [-0.15, -0.1) is 11.3 Å². The van der Waals surface area contributed by atoms with Gasteiger partial charge in [0, 0.05) is 23.7 Å². The first kappa shape index (κ1) is 17.7. The van der Waals surface area contributed by atoms with E-state index in [9.17, 15) is 13.5 Å². The number of aliphatic hydroxyl groups is 1. The van der Waals surface area contributed by atoms with E-state index in [0.29, 0.717) is 28.7 Å². The van der Waals surface area contributed by atoms with Crippen LogP contribution in [0.15, 0.2) is 46.8 Å². The van der Waals surface area contributed by atoms with Gasteiger partial charge in [-0.3, -0.25) is 0 Å². The van der Waals surface area contributed by atoms with Crippen LogP contribution in [-0.4, -0.2) is 22.5 Å². The Bertz CT molecular complexity index is 1070. The largest absolute Gasteiger partial charge is 0.382 e. The molecule has 0 spiro atoms. The minimum atomic E-state index is -3.72. The number of benzene rings is 1. The number of hydrogen-bond donors (Lipinski definition) is 1. The molecule has 0 aliphatic heterocycles. The summed E-state index contributed by atoms with van der Waals surface area (Å²) in [5, 5.41) is 13.6. The quantitative estimate of drug-likeness (QED) is 0.719. The van der Waals surface area contributed by atoms with Crippen molar-refractivity contribution in [1.82, 2.24) is 8.96 Å². The first-order valence-electron chi connectivity index (χ1n) is 8.15. The molecule has 0 radical (unpaired) electrons. The van der Waals surface area contributed by atoms with Crippen LogP contribution < -0.4 is 0 Å². The molecule has 0 fully saturated rings. The van der Waals surface area contributed by atoms with Crippen molar-refractivity contribution in [2.24, 2.45) is 0 Å². The second-order valence-electron chi connectivity index (χ2n) is 6.59. The molecule has 1 aliphatic rings. The zero-order chi connectivity index (χ0) is 18.5. The van der Waals surface area contributed by atoms with Gasteiger partial charge in [0.1, 0.15) is 15.8 Å². The first-order valence-corrected chi connectivity index (χ1v) is 10.8. The highest BCUT2D eigenvalue weighted by atomic mass is 35.5. The van der Waals surface area contributed by atoms with Gasteiger partial charge in [-0.1, -0.05) is 29.3 Å². The summed E-state index contributed by atoms with van der Waals surface area (Å²) in [7, 11) is -3.72. The van der Waals surface area contributed by atoms with E-state index in [1.54, 1.807) is 35.8 Å². The lowest BCUT2D eigenvalue weighted by molar-refractivity contribution is 0.0209. The number of aromatic nitrogens is 2. The highest BCUT2D eigenvalue weighted by molar-refractivity contribution is 7.90. The molecule has 0 saturated carbocycles. The number of aryl methyl sites for hydroxylation is 2. The monoisotopic (exact) mass is 408 g/mol. The maximum absolute atomic E-state index is 13.1. The Balaban J connectivity index is 1.76. The smallest absolute Gasteiger partial charge is 0.267 e. The average Bonchev–Trinajstić information content (AvgIpc) is 3.21. The third-order valence-corrected chi connectivity index (χ3v) is 7.85. The van der Waals surface area contributed by atoms with Crippen molar-refractivity contribution in [2.75, 3.05) is 0 Å². The second kappa shape index (κ2) is 6.20. The molecule has 136 valence electrons. The molecule has 26 heavy (non-hydrogen) atoms. The summed E-state index contributed by atoms with van der Waals surface area (Å²) in [4.78, 5) is 4.43. The van der Waals surface area contributed by atoms with Crippen LogP contribution in [0.5, 0.6) is 0 Å². The lowest BCUT2D eigenvalue weighted by Gasteiger charge is -2.31. The molecule has 0 amide bonds. The standard InChI is InChI=1S/C18H17ClN2O3S2/c1-12-2-4-14(5-3-12)26(23,24)21-9-7-13-6-8-18(22,10-15(13)21)17-20-16(19)11-25-17/h2-5,7,9,11,22H,6,8,10H2,1H3. The Morgan fingerprint density at radius 1 is 1.27 bits per heavy atom. The third kappa shape index (κ3) is 2.89. The first-order chi connectivity index (χ1) is 12.3. The summed E-state index contributed by atoms with van der Waals surface area (Å²) in [5.41, 5.74) is 1.33. The van der Waals surface area contributed by atoms with Crippen LogP contribution in [0, 0.1) is 6.92 Å². The Morgan fingerprint density at radius 2 is 2.00 bits per heavy atom. The molecule has 1 atom stereocenters. The highest BCUT2D eigenvalue weighted by Gasteiger charge is 2.39. The molecule has 2 heterocycles. The Kier molecular flexibility index (Phi) is 4.23. The summed E-state index contributed by atoms with van der Waals surface area (Å²) >= 11 is 7.20. The molecule has 1 aliphatic carbocycles. The van der Waals surface area contributed by atoms with Crippen LogP contribution in [0.2, 0.25) is 5.15 Å². The molecule has 1 aromatic carbocycles. The summed E-state index contributed by atoms with van der Waals surface area (Å²) in [6.07, 6.45) is 2.82. The van der Waals surface area contributed by atoms with E-state index in [-0.39, 0.29) is 11.3 Å². The van der Waals surface area contributed by atoms with E-state index < -0.39 is 15.6 Å². The van der Waals surface area contributed by atoms with Crippen molar-refractivity contribution in [2.45, 2.75) is 36.7 Å². The van der Waals surface area contributed by atoms with E-state index in [4.69, 9.17) is 11.6 Å². The fraction of sp³-hybridized carbons (Fsp3) is 0.278. The van der Waals surface area contributed by atoms with Crippen molar-refractivity contribution in [3.63, 3.8) is 0 Å². The molecule has 0 bridgehead atoms. The number of nitrogens with zero attached hydrogens (tertiary/aromatic N) is 2. The number of hydrogen-bond acceptors (Lipinski definition) is 5. The van der Waals surface area contributed by atoms with Crippen molar-refractivity contribution >= 4 is 33.0 Å². The van der Waals surface area contributed by atoms with E-state index in [2.05, 4.69) is 4.98 Å². The average molecular weight is 409 g/mol. The molecular formula is C18H17ClN2O3S2. The predicted octanol–water partition coefficient (Wildman–Crippen LogP) is 3.52. The minimum Gasteiger partial charge on any atom is -0.382 e. The SMILES string of the molecule is Cc1ccc(S(=O)(=O)n2ccc3c2CC(O)(c2nc(Cl)cs2)CC3)cc1. The van der Waals surface area contributed by atoms with Crippen LogP contribution in [-0.2, 0) is 28.5 Å². The van der Waals surface area contributed by atoms with Gasteiger partial charge < -0.3 is 5.11 Å². The van der Waals surface area contributed by atoms with Gasteiger partial charge in [0.25, 0.3) is 10.0 Å². The van der Waals surface area contributed by atoms with Gasteiger partial charge in [0.2, 0.25) is 0 Å². The molecule has 0 saturated heterocycles. The molecule has 3 aromatic rings. The maximum atomic E-state index is 13.1. The van der Waals surface area contributed by atoms with Crippen LogP contribution in [0.3, 0.4) is 0 Å². The molecule has 2 aromatic heterocycles. The minimum absolute atomic E-state index is 0.185. The molecular weight excluding hydrogens is 392 g/mol. The van der Waals surface area contributed by atoms with Gasteiger partial charge in [0.15, 0.2) is 0 Å². The summed E-state index contributed by atoms with van der Waals surface area (Å²) in [6, 6.07) is 8.57. The van der Waals surface area contributed by atoms with Crippen molar-refractivity contribution in [1.29, 1.82) is 0 Å². The summed E-state index contributed by atoms with van der Waals surface area (Å²) < 4.78 is 27.4. The number of fused-ring (bicyclic) bond motifs is 1. The molecule has 4 rings (SSSR count). The number of thiazole rings is 1. The molecule has 5 nitrogen and oxygen atoms in total. The van der Waals surface area contributed by atoms with Gasteiger partial charge >= 0.3 is 0 Å². The van der Waals surface area contributed by atoms with Gasteiger partial charge in [0.05, 0.1) is 4.90 Å². The molecule has 8 heteroatoms. The fourth-order valence-electron chi connectivity index (χ4n) is 3.31.